The number of rotatable bonds is 2. The van der Waals surface area contributed by atoms with E-state index in [9.17, 15) is 14.4 Å². The van der Waals surface area contributed by atoms with Crippen LogP contribution in [0.5, 0.6) is 0 Å². The minimum absolute atomic E-state index is 0.138. The van der Waals surface area contributed by atoms with Crippen molar-refractivity contribution < 1.29 is 14.4 Å². The van der Waals surface area contributed by atoms with Gasteiger partial charge < -0.3 is 11.1 Å². The normalized spacial score (nSPS) is 34.2. The second-order valence-corrected chi connectivity index (χ2v) is 5.31. The molecule has 0 bridgehead atoms. The molecule has 0 spiro atoms. The number of amides is 3. The summed E-state index contributed by atoms with van der Waals surface area (Å²) in [5.41, 5.74) is 5.26. The Bertz CT molecular complexity index is 362. The maximum atomic E-state index is 11.5. The highest BCUT2D eigenvalue weighted by molar-refractivity contribution is 8.01. The van der Waals surface area contributed by atoms with Gasteiger partial charge in [0.25, 0.3) is 0 Å². The molecule has 3 atom stereocenters. The predicted molar refractivity (Wildman–Crippen MR) is 61.4 cm³/mol. The number of nitrogens with one attached hydrogen (secondary N) is 3. The van der Waals surface area contributed by atoms with E-state index in [4.69, 9.17) is 5.73 Å². The molecule has 5 N–H and O–H groups in total. The molecule has 0 aromatic carbocycles. The van der Waals surface area contributed by atoms with Gasteiger partial charge >= 0.3 is 0 Å². The van der Waals surface area contributed by atoms with Crippen molar-refractivity contribution >= 4 is 29.5 Å². The van der Waals surface area contributed by atoms with Crippen molar-refractivity contribution in [3.05, 3.63) is 0 Å². The van der Waals surface area contributed by atoms with Gasteiger partial charge in [-0.2, -0.15) is 0 Å². The lowest BCUT2D eigenvalue weighted by molar-refractivity contribution is -0.132. The molecule has 0 aliphatic carbocycles. The van der Waals surface area contributed by atoms with E-state index in [1.54, 1.807) is 0 Å². The molecular formula is C9H14N4O3S. The van der Waals surface area contributed by atoms with Crippen LogP contribution >= 0.6 is 11.8 Å². The van der Waals surface area contributed by atoms with Crippen molar-refractivity contribution in [1.82, 2.24) is 16.0 Å². The largest absolute Gasteiger partial charge is 0.332 e. The number of carbonyl (C=O) groups is 3. The molecule has 7 nitrogen and oxygen atoms in total. The first-order valence-corrected chi connectivity index (χ1v) is 6.29. The summed E-state index contributed by atoms with van der Waals surface area (Å²) in [7, 11) is 0. The molecule has 0 aromatic rings. The Labute approximate surface area is 102 Å². The summed E-state index contributed by atoms with van der Waals surface area (Å²) in [5, 5.41) is 7.60. The summed E-state index contributed by atoms with van der Waals surface area (Å²) < 4.78 is 0. The fourth-order valence-electron chi connectivity index (χ4n) is 1.74. The number of carbonyl (C=O) groups excluding carboxylic acids is 3. The van der Waals surface area contributed by atoms with Crippen LogP contribution in [-0.4, -0.2) is 34.6 Å². The number of piperidine rings is 1. The molecule has 2 saturated heterocycles. The SMILES string of the molecule is NC1CC(=O)NC(SC2CCC(=O)NC2=O)N1. The molecule has 3 unspecified atom stereocenters. The zero-order chi connectivity index (χ0) is 12.4. The van der Waals surface area contributed by atoms with Crippen molar-refractivity contribution in [3.63, 3.8) is 0 Å². The van der Waals surface area contributed by atoms with E-state index in [0.717, 1.165) is 0 Å². The van der Waals surface area contributed by atoms with Gasteiger partial charge in [0.15, 0.2) is 0 Å². The van der Waals surface area contributed by atoms with E-state index in [1.165, 1.54) is 11.8 Å². The summed E-state index contributed by atoms with van der Waals surface area (Å²) in [6.07, 6.45) is 0.649. The molecule has 94 valence electrons. The van der Waals surface area contributed by atoms with E-state index >= 15 is 0 Å². The summed E-state index contributed by atoms with van der Waals surface area (Å²) in [6.45, 7) is 0. The quantitative estimate of drug-likeness (QED) is 0.435. The molecule has 0 radical (unpaired) electrons. The van der Waals surface area contributed by atoms with E-state index in [1.807, 2.05) is 0 Å². The highest BCUT2D eigenvalue weighted by Gasteiger charge is 2.32. The Morgan fingerprint density at radius 2 is 2.00 bits per heavy atom. The minimum atomic E-state index is -0.394. The molecule has 2 aliphatic heterocycles. The Morgan fingerprint density at radius 1 is 1.24 bits per heavy atom. The molecule has 0 aromatic heterocycles. The van der Waals surface area contributed by atoms with Crippen LogP contribution in [0.3, 0.4) is 0 Å². The van der Waals surface area contributed by atoms with Crippen molar-refractivity contribution in [2.45, 2.75) is 36.2 Å². The molecule has 17 heavy (non-hydrogen) atoms. The molecule has 2 rings (SSSR count). The second kappa shape index (κ2) is 5.03. The topological polar surface area (TPSA) is 113 Å². The molecule has 2 heterocycles. The van der Waals surface area contributed by atoms with Crippen LogP contribution in [0, 0.1) is 0 Å². The third-order valence-electron chi connectivity index (χ3n) is 2.55. The number of thioether (sulfide) groups is 1. The molecular weight excluding hydrogens is 244 g/mol. The van der Waals surface area contributed by atoms with Crippen molar-refractivity contribution in [2.75, 3.05) is 0 Å². The molecule has 2 fully saturated rings. The van der Waals surface area contributed by atoms with E-state index in [-0.39, 0.29) is 34.9 Å². The lowest BCUT2D eigenvalue weighted by Crippen LogP contribution is -2.59. The fraction of sp³-hybridized carbons (Fsp3) is 0.667. The van der Waals surface area contributed by atoms with Crippen molar-refractivity contribution in [1.29, 1.82) is 0 Å². The van der Waals surface area contributed by atoms with Crippen LogP contribution in [-0.2, 0) is 14.4 Å². The van der Waals surface area contributed by atoms with Gasteiger partial charge in [0.05, 0.1) is 17.8 Å². The lowest BCUT2D eigenvalue weighted by Gasteiger charge is -2.31. The van der Waals surface area contributed by atoms with Gasteiger partial charge in [-0.25, -0.2) is 0 Å². The summed E-state index contributed by atoms with van der Waals surface area (Å²) in [6, 6.07) is 0. The van der Waals surface area contributed by atoms with Crippen LogP contribution in [0.25, 0.3) is 0 Å². The maximum absolute atomic E-state index is 11.5. The summed E-state index contributed by atoms with van der Waals surface area (Å²) >= 11 is 1.27. The smallest absolute Gasteiger partial charge is 0.239 e. The Kier molecular flexibility index (Phi) is 3.65. The highest BCUT2D eigenvalue weighted by atomic mass is 32.2. The van der Waals surface area contributed by atoms with Gasteiger partial charge in [-0.3, -0.25) is 25.0 Å². The lowest BCUT2D eigenvalue weighted by atomic mass is 10.1. The summed E-state index contributed by atoms with van der Waals surface area (Å²) in [5.74, 6) is -0.688. The second-order valence-electron chi connectivity index (χ2n) is 4.00. The standard InChI is InChI=1S/C9H14N4O3S/c10-5-3-7(15)13-9(11-5)17-4-1-2-6(14)12-8(4)16/h4-5,9,11H,1-3,10H2,(H,13,15)(H,12,14,16). The number of imide groups is 1. The van der Waals surface area contributed by atoms with Crippen LogP contribution in [0.2, 0.25) is 0 Å². The zero-order valence-electron chi connectivity index (χ0n) is 9.06. The average Bonchev–Trinajstić information content (AvgIpc) is 2.21. The highest BCUT2D eigenvalue weighted by Crippen LogP contribution is 2.23. The van der Waals surface area contributed by atoms with Gasteiger partial charge in [-0.05, 0) is 6.42 Å². The van der Waals surface area contributed by atoms with E-state index < -0.39 is 6.17 Å². The van der Waals surface area contributed by atoms with Crippen LogP contribution in [0.4, 0.5) is 0 Å². The van der Waals surface area contributed by atoms with Crippen molar-refractivity contribution in [3.8, 4) is 0 Å². The molecule has 3 amide bonds. The van der Waals surface area contributed by atoms with Gasteiger partial charge in [0.2, 0.25) is 17.7 Å². The first-order valence-electron chi connectivity index (χ1n) is 5.35. The van der Waals surface area contributed by atoms with E-state index in [0.29, 0.717) is 12.8 Å². The third-order valence-corrected chi connectivity index (χ3v) is 3.86. The monoisotopic (exact) mass is 258 g/mol. The third kappa shape index (κ3) is 3.18. The first-order chi connectivity index (χ1) is 8.04. The number of nitrogens with two attached hydrogens (primary N) is 1. The Balaban J connectivity index is 1.90. The Morgan fingerprint density at radius 3 is 2.65 bits per heavy atom. The first kappa shape index (κ1) is 12.3. The van der Waals surface area contributed by atoms with Crippen LogP contribution in [0.1, 0.15) is 19.3 Å². The summed E-state index contributed by atoms with van der Waals surface area (Å²) in [4.78, 5) is 33.7. The number of hydrogen-bond acceptors (Lipinski definition) is 6. The Hall–Kier alpha value is -1.12. The zero-order valence-corrected chi connectivity index (χ0v) is 9.88. The fourth-order valence-corrected chi connectivity index (χ4v) is 2.96. The minimum Gasteiger partial charge on any atom is -0.332 e. The number of hydrogen-bond donors (Lipinski definition) is 4. The molecule has 8 heteroatoms. The average molecular weight is 258 g/mol. The van der Waals surface area contributed by atoms with Crippen LogP contribution in [0.15, 0.2) is 0 Å². The maximum Gasteiger partial charge on any atom is 0.239 e. The van der Waals surface area contributed by atoms with Gasteiger partial charge in [-0.1, -0.05) is 0 Å². The van der Waals surface area contributed by atoms with E-state index in [2.05, 4.69) is 16.0 Å². The molecule has 2 aliphatic rings. The van der Waals surface area contributed by atoms with Crippen molar-refractivity contribution in [2.24, 2.45) is 5.73 Å². The molecule has 0 saturated carbocycles. The van der Waals surface area contributed by atoms with Gasteiger partial charge in [0, 0.05) is 6.42 Å². The van der Waals surface area contributed by atoms with Gasteiger partial charge in [0.1, 0.15) is 5.50 Å². The predicted octanol–water partition coefficient (Wildman–Crippen LogP) is -1.80. The van der Waals surface area contributed by atoms with Gasteiger partial charge in [-0.15, -0.1) is 11.8 Å². The van der Waals surface area contributed by atoms with Crippen LogP contribution < -0.4 is 21.7 Å².